The second kappa shape index (κ2) is 4.05. The number of carbonyl (C=O) groups is 1. The van der Waals surface area contributed by atoms with E-state index in [-0.39, 0.29) is 10.9 Å². The number of halogens is 2. The predicted octanol–water partition coefficient (Wildman–Crippen LogP) is 4.75. The molecular formula is C16H7Cl2NO. The molecule has 0 unspecified atom stereocenters. The molecule has 1 aromatic heterocycles. The van der Waals surface area contributed by atoms with Crippen LogP contribution in [0.1, 0.15) is 15.9 Å². The zero-order valence-corrected chi connectivity index (χ0v) is 11.7. The summed E-state index contributed by atoms with van der Waals surface area (Å²) in [5.41, 5.74) is 3.61. The van der Waals surface area contributed by atoms with Gasteiger partial charge in [0.15, 0.2) is 5.78 Å². The Kier molecular flexibility index (Phi) is 2.40. The zero-order chi connectivity index (χ0) is 13.9. The summed E-state index contributed by atoms with van der Waals surface area (Å²) in [6, 6.07) is 12.9. The van der Waals surface area contributed by atoms with E-state index >= 15 is 0 Å². The van der Waals surface area contributed by atoms with Gasteiger partial charge in [0.05, 0.1) is 11.1 Å². The van der Waals surface area contributed by atoms with Gasteiger partial charge >= 0.3 is 0 Å². The maximum atomic E-state index is 12.5. The Balaban J connectivity index is 2.25. The lowest BCUT2D eigenvalue weighted by atomic mass is 10.0. The Morgan fingerprint density at radius 3 is 2.45 bits per heavy atom. The minimum atomic E-state index is -0.0741. The molecule has 20 heavy (non-hydrogen) atoms. The Labute approximate surface area is 125 Å². The van der Waals surface area contributed by atoms with E-state index in [0.717, 1.165) is 22.0 Å². The van der Waals surface area contributed by atoms with Crippen LogP contribution in [0.4, 0.5) is 0 Å². The smallest absolute Gasteiger partial charge is 0.197 e. The maximum Gasteiger partial charge on any atom is 0.197 e. The molecule has 2 nitrogen and oxygen atoms in total. The summed E-state index contributed by atoms with van der Waals surface area (Å²) >= 11 is 12.3. The van der Waals surface area contributed by atoms with Crippen LogP contribution in [0, 0.1) is 0 Å². The lowest BCUT2D eigenvalue weighted by molar-refractivity contribution is 0.104. The number of nitrogens with zero attached hydrogens (tertiary/aromatic N) is 1. The molecule has 4 rings (SSSR count). The summed E-state index contributed by atoms with van der Waals surface area (Å²) in [5, 5.41) is 1.71. The first-order valence-electron chi connectivity index (χ1n) is 6.09. The van der Waals surface area contributed by atoms with Crippen LogP contribution in [0.15, 0.2) is 42.5 Å². The fourth-order valence-electron chi connectivity index (χ4n) is 2.73. The fourth-order valence-corrected chi connectivity index (χ4v) is 3.17. The van der Waals surface area contributed by atoms with E-state index in [1.807, 2.05) is 36.4 Å². The molecule has 0 N–H and O–H groups in total. The van der Waals surface area contributed by atoms with Crippen molar-refractivity contribution in [3.8, 4) is 11.1 Å². The Morgan fingerprint density at radius 2 is 1.65 bits per heavy atom. The largest absolute Gasteiger partial charge is 0.288 e. The number of carbonyl (C=O) groups excluding carboxylic acids is 1. The van der Waals surface area contributed by atoms with Crippen molar-refractivity contribution >= 4 is 39.9 Å². The highest BCUT2D eigenvalue weighted by Crippen LogP contribution is 2.43. The molecular weight excluding hydrogens is 293 g/mol. The maximum absolute atomic E-state index is 12.5. The first-order valence-corrected chi connectivity index (χ1v) is 6.85. The third kappa shape index (κ3) is 1.46. The van der Waals surface area contributed by atoms with Gasteiger partial charge in [-0.25, -0.2) is 4.98 Å². The number of ketones is 1. The van der Waals surface area contributed by atoms with Gasteiger partial charge in [0.1, 0.15) is 5.15 Å². The average Bonchev–Trinajstić information content (AvgIpc) is 2.75. The molecule has 2 aromatic carbocycles. The van der Waals surface area contributed by atoms with Crippen molar-refractivity contribution in [1.29, 1.82) is 0 Å². The average molecular weight is 300 g/mol. The summed E-state index contributed by atoms with van der Waals surface area (Å²) in [7, 11) is 0. The van der Waals surface area contributed by atoms with E-state index in [1.54, 1.807) is 6.07 Å². The highest BCUT2D eigenvalue weighted by atomic mass is 35.5. The van der Waals surface area contributed by atoms with Crippen LogP contribution in [-0.2, 0) is 0 Å². The molecule has 1 aliphatic rings. The lowest BCUT2D eigenvalue weighted by Gasteiger charge is -2.07. The van der Waals surface area contributed by atoms with Crippen molar-refractivity contribution in [2.75, 3.05) is 0 Å². The van der Waals surface area contributed by atoms with Gasteiger partial charge in [-0.15, -0.1) is 0 Å². The van der Waals surface area contributed by atoms with Crippen LogP contribution >= 0.6 is 23.2 Å². The third-order valence-corrected chi connectivity index (χ3v) is 4.08. The van der Waals surface area contributed by atoms with E-state index in [1.165, 1.54) is 0 Å². The topological polar surface area (TPSA) is 30.0 Å². The van der Waals surface area contributed by atoms with E-state index in [4.69, 9.17) is 23.2 Å². The van der Waals surface area contributed by atoms with E-state index in [2.05, 4.69) is 4.98 Å². The van der Waals surface area contributed by atoms with Crippen LogP contribution in [0.25, 0.3) is 22.0 Å². The van der Waals surface area contributed by atoms with Crippen LogP contribution < -0.4 is 0 Å². The number of hydrogen-bond acceptors (Lipinski definition) is 2. The van der Waals surface area contributed by atoms with Gasteiger partial charge in [0.25, 0.3) is 0 Å². The van der Waals surface area contributed by atoms with Crippen LogP contribution in [0.3, 0.4) is 0 Å². The van der Waals surface area contributed by atoms with E-state index in [9.17, 15) is 4.79 Å². The molecule has 0 amide bonds. The molecule has 1 heterocycles. The minimum Gasteiger partial charge on any atom is -0.288 e. The normalized spacial score (nSPS) is 12.6. The highest BCUT2D eigenvalue weighted by Gasteiger charge is 2.31. The Morgan fingerprint density at radius 1 is 0.900 bits per heavy atom. The molecule has 1 aliphatic carbocycles. The second-order valence-corrected chi connectivity index (χ2v) is 5.48. The minimum absolute atomic E-state index is 0.0741. The first kappa shape index (κ1) is 11.9. The quantitative estimate of drug-likeness (QED) is 0.438. The Hall–Kier alpha value is -1.90. The van der Waals surface area contributed by atoms with Crippen molar-refractivity contribution in [1.82, 2.24) is 4.98 Å². The predicted molar refractivity (Wildman–Crippen MR) is 80.6 cm³/mol. The van der Waals surface area contributed by atoms with Crippen LogP contribution in [0.2, 0.25) is 10.2 Å². The van der Waals surface area contributed by atoms with E-state index in [0.29, 0.717) is 16.1 Å². The second-order valence-electron chi connectivity index (χ2n) is 4.69. The van der Waals surface area contributed by atoms with Gasteiger partial charge in [0.2, 0.25) is 0 Å². The zero-order valence-electron chi connectivity index (χ0n) is 10.2. The number of hydrogen-bond donors (Lipinski definition) is 0. The monoisotopic (exact) mass is 299 g/mol. The number of fused-ring (bicyclic) bond motifs is 5. The van der Waals surface area contributed by atoms with E-state index < -0.39 is 0 Å². The SMILES string of the molecule is O=C1c2ccccc2-c2c1c(Cl)nc1ccc(Cl)cc21. The number of aromatic nitrogens is 1. The molecule has 96 valence electrons. The molecule has 4 heteroatoms. The molecule has 3 aromatic rings. The number of rotatable bonds is 0. The van der Waals surface area contributed by atoms with Gasteiger partial charge in [0, 0.05) is 21.5 Å². The lowest BCUT2D eigenvalue weighted by Crippen LogP contribution is -1.98. The number of benzene rings is 2. The van der Waals surface area contributed by atoms with Crippen LogP contribution in [0.5, 0.6) is 0 Å². The Bertz CT molecular complexity index is 902. The molecule has 0 saturated carbocycles. The van der Waals surface area contributed by atoms with Crippen molar-refractivity contribution in [3.05, 3.63) is 63.8 Å². The first-order chi connectivity index (χ1) is 9.66. The molecule has 0 radical (unpaired) electrons. The standard InChI is InChI=1S/C16H7Cl2NO/c17-8-5-6-12-11(7-8)13-9-3-1-2-4-10(9)15(20)14(13)16(18)19-12/h1-7H. The number of pyridine rings is 1. The summed E-state index contributed by atoms with van der Waals surface area (Å²) in [4.78, 5) is 16.8. The molecule has 0 saturated heterocycles. The van der Waals surface area contributed by atoms with Gasteiger partial charge in [-0.05, 0) is 23.8 Å². The summed E-state index contributed by atoms with van der Waals surface area (Å²) in [5.74, 6) is -0.0741. The van der Waals surface area contributed by atoms with Crippen molar-refractivity contribution in [2.45, 2.75) is 0 Å². The molecule has 0 bridgehead atoms. The van der Waals surface area contributed by atoms with Gasteiger partial charge in [-0.3, -0.25) is 4.79 Å². The fraction of sp³-hybridized carbons (Fsp3) is 0. The third-order valence-electron chi connectivity index (χ3n) is 3.57. The molecule has 0 atom stereocenters. The molecule has 0 fully saturated rings. The van der Waals surface area contributed by atoms with Gasteiger partial charge in [-0.1, -0.05) is 47.5 Å². The van der Waals surface area contributed by atoms with Crippen molar-refractivity contribution in [2.24, 2.45) is 0 Å². The van der Waals surface area contributed by atoms with Crippen molar-refractivity contribution < 1.29 is 4.79 Å². The van der Waals surface area contributed by atoms with Gasteiger partial charge < -0.3 is 0 Å². The van der Waals surface area contributed by atoms with Gasteiger partial charge in [-0.2, -0.15) is 0 Å². The summed E-state index contributed by atoms with van der Waals surface area (Å²) < 4.78 is 0. The summed E-state index contributed by atoms with van der Waals surface area (Å²) in [6.07, 6.45) is 0. The summed E-state index contributed by atoms with van der Waals surface area (Å²) in [6.45, 7) is 0. The van der Waals surface area contributed by atoms with Crippen LogP contribution in [-0.4, -0.2) is 10.8 Å². The highest BCUT2D eigenvalue weighted by molar-refractivity contribution is 6.39. The molecule has 0 aliphatic heterocycles. The van der Waals surface area contributed by atoms with Crippen molar-refractivity contribution in [3.63, 3.8) is 0 Å². The molecule has 0 spiro atoms.